The molecular weight excluding hydrogens is 626 g/mol. The zero-order valence-electron chi connectivity index (χ0n) is 15.3. The van der Waals surface area contributed by atoms with Gasteiger partial charge in [0, 0.05) is 32.8 Å². The fraction of sp³-hybridized carbons (Fsp3) is 0.333. The molecule has 1 aromatic rings. The van der Waals surface area contributed by atoms with Crippen LogP contribution < -0.4 is 0 Å². The third-order valence-electron chi connectivity index (χ3n) is 4.28. The second-order valence-electron chi connectivity index (χ2n) is 6.48. The van der Waals surface area contributed by atoms with Crippen LogP contribution in [0, 0.1) is 7.14 Å². The Morgan fingerprint density at radius 2 is 1.00 bits per heavy atom. The van der Waals surface area contributed by atoms with Crippen LogP contribution in [0.1, 0.15) is 36.8 Å². The van der Waals surface area contributed by atoms with Gasteiger partial charge in [0.15, 0.2) is 0 Å². The standard InChI is InChI=1S/C18H14I2N2O8/c19-11-6-10(8-18(28)30-22-15(25)3-4-16(22)26)12(20)5-9(11)7-17(27)29-21-13(23)1-2-14(21)24/h5-6H,1-4,7-8H2. The molecule has 2 saturated heterocycles. The van der Waals surface area contributed by atoms with Gasteiger partial charge in [-0.05, 0) is 68.4 Å². The summed E-state index contributed by atoms with van der Waals surface area (Å²) in [6.07, 6.45) is -0.288. The number of hydroxylamine groups is 4. The van der Waals surface area contributed by atoms with Gasteiger partial charge in [-0.3, -0.25) is 19.2 Å². The lowest BCUT2D eigenvalue weighted by Crippen LogP contribution is -2.33. The highest BCUT2D eigenvalue weighted by Crippen LogP contribution is 2.23. The number of amides is 4. The van der Waals surface area contributed by atoms with E-state index in [1.807, 2.05) is 45.2 Å². The molecule has 0 bridgehead atoms. The second-order valence-corrected chi connectivity index (χ2v) is 8.80. The maximum atomic E-state index is 12.1. The van der Waals surface area contributed by atoms with E-state index in [0.717, 1.165) is 0 Å². The first-order valence-corrected chi connectivity index (χ1v) is 10.9. The normalized spacial score (nSPS) is 16.5. The molecule has 0 saturated carbocycles. The Kier molecular flexibility index (Phi) is 7.05. The van der Waals surface area contributed by atoms with Crippen LogP contribution >= 0.6 is 45.2 Å². The molecule has 158 valence electrons. The average Bonchev–Trinajstić information content (AvgIpc) is 3.16. The smallest absolute Gasteiger partial charge is 0.330 e. The monoisotopic (exact) mass is 640 g/mol. The van der Waals surface area contributed by atoms with E-state index in [1.165, 1.54) is 0 Å². The molecule has 4 amide bonds. The number of hydrogen-bond acceptors (Lipinski definition) is 8. The molecule has 0 aromatic heterocycles. The van der Waals surface area contributed by atoms with Crippen molar-refractivity contribution in [1.29, 1.82) is 0 Å². The van der Waals surface area contributed by atoms with Crippen LogP contribution in [0.3, 0.4) is 0 Å². The van der Waals surface area contributed by atoms with Crippen molar-refractivity contribution in [3.05, 3.63) is 30.4 Å². The van der Waals surface area contributed by atoms with Crippen LogP contribution in [0.25, 0.3) is 0 Å². The van der Waals surface area contributed by atoms with Gasteiger partial charge in [0.05, 0.1) is 12.8 Å². The van der Waals surface area contributed by atoms with Crippen LogP contribution in [-0.4, -0.2) is 45.7 Å². The van der Waals surface area contributed by atoms with E-state index in [1.54, 1.807) is 12.1 Å². The molecule has 0 unspecified atom stereocenters. The molecule has 2 aliphatic heterocycles. The van der Waals surface area contributed by atoms with Gasteiger partial charge in [0.1, 0.15) is 0 Å². The van der Waals surface area contributed by atoms with Gasteiger partial charge in [-0.1, -0.05) is 0 Å². The number of halogens is 2. The lowest BCUT2D eigenvalue weighted by atomic mass is 10.1. The van der Waals surface area contributed by atoms with Gasteiger partial charge >= 0.3 is 11.9 Å². The van der Waals surface area contributed by atoms with E-state index in [-0.39, 0.29) is 38.5 Å². The highest BCUT2D eigenvalue weighted by molar-refractivity contribution is 14.1. The van der Waals surface area contributed by atoms with Crippen LogP contribution in [0.2, 0.25) is 0 Å². The molecule has 3 rings (SSSR count). The number of nitrogens with zero attached hydrogens (tertiary/aromatic N) is 2. The van der Waals surface area contributed by atoms with Gasteiger partial charge in [0.2, 0.25) is 0 Å². The van der Waals surface area contributed by atoms with E-state index in [0.29, 0.717) is 28.4 Å². The first-order valence-electron chi connectivity index (χ1n) is 8.75. The summed E-state index contributed by atoms with van der Waals surface area (Å²) < 4.78 is 1.31. The van der Waals surface area contributed by atoms with Gasteiger partial charge in [-0.2, -0.15) is 0 Å². The Balaban J connectivity index is 1.63. The predicted molar refractivity (Wildman–Crippen MR) is 114 cm³/mol. The second kappa shape index (κ2) is 9.36. The minimum absolute atomic E-state index is 0.0148. The Morgan fingerprint density at radius 1 is 0.700 bits per heavy atom. The van der Waals surface area contributed by atoms with E-state index in [4.69, 9.17) is 9.68 Å². The Hall–Kier alpha value is -2.10. The lowest BCUT2D eigenvalue weighted by molar-refractivity contribution is -0.197. The molecule has 12 heteroatoms. The third-order valence-corrected chi connectivity index (χ3v) is 6.29. The van der Waals surface area contributed by atoms with Crippen molar-refractivity contribution in [2.24, 2.45) is 0 Å². The van der Waals surface area contributed by atoms with Crippen molar-refractivity contribution < 1.29 is 38.4 Å². The molecule has 1 aromatic carbocycles. The van der Waals surface area contributed by atoms with Crippen LogP contribution in [0.4, 0.5) is 0 Å². The molecule has 2 fully saturated rings. The van der Waals surface area contributed by atoms with E-state index in [9.17, 15) is 28.8 Å². The predicted octanol–water partition coefficient (Wildman–Crippen LogP) is 1.20. The topological polar surface area (TPSA) is 127 Å². The van der Waals surface area contributed by atoms with E-state index < -0.39 is 35.6 Å². The molecule has 0 N–H and O–H groups in total. The maximum absolute atomic E-state index is 12.1. The minimum Gasteiger partial charge on any atom is -0.330 e. The summed E-state index contributed by atoms with van der Waals surface area (Å²) >= 11 is 3.97. The lowest BCUT2D eigenvalue weighted by Gasteiger charge is -2.15. The Bertz CT molecular complexity index is 867. The largest absolute Gasteiger partial charge is 0.337 e. The molecule has 10 nitrogen and oxygen atoms in total. The van der Waals surface area contributed by atoms with Crippen LogP contribution in [-0.2, 0) is 51.3 Å². The van der Waals surface area contributed by atoms with Crippen molar-refractivity contribution in [2.45, 2.75) is 38.5 Å². The molecular formula is C18H14I2N2O8. The summed E-state index contributed by atoms with van der Waals surface area (Å²) in [6.45, 7) is 0. The summed E-state index contributed by atoms with van der Waals surface area (Å²) in [4.78, 5) is 80.2. The average molecular weight is 640 g/mol. The molecule has 0 radical (unpaired) electrons. The number of carbonyl (C=O) groups is 6. The van der Waals surface area contributed by atoms with Crippen molar-refractivity contribution >= 4 is 80.7 Å². The summed E-state index contributed by atoms with van der Waals surface area (Å²) in [7, 11) is 0. The number of imide groups is 2. The molecule has 0 spiro atoms. The fourth-order valence-electron chi connectivity index (χ4n) is 2.80. The van der Waals surface area contributed by atoms with Crippen molar-refractivity contribution in [1.82, 2.24) is 10.1 Å². The first-order chi connectivity index (χ1) is 14.2. The first kappa shape index (κ1) is 22.6. The van der Waals surface area contributed by atoms with Crippen LogP contribution in [0.15, 0.2) is 12.1 Å². The summed E-state index contributed by atoms with van der Waals surface area (Å²) in [5.41, 5.74) is 1.18. The number of benzene rings is 1. The van der Waals surface area contributed by atoms with Crippen molar-refractivity contribution in [3.8, 4) is 0 Å². The maximum Gasteiger partial charge on any atom is 0.337 e. The molecule has 0 aliphatic carbocycles. The zero-order valence-corrected chi connectivity index (χ0v) is 19.6. The van der Waals surface area contributed by atoms with Crippen molar-refractivity contribution in [3.63, 3.8) is 0 Å². The molecule has 0 atom stereocenters. The van der Waals surface area contributed by atoms with Gasteiger partial charge in [0.25, 0.3) is 23.6 Å². The number of rotatable bonds is 6. The van der Waals surface area contributed by atoms with E-state index >= 15 is 0 Å². The van der Waals surface area contributed by atoms with Crippen molar-refractivity contribution in [2.75, 3.05) is 0 Å². The SMILES string of the molecule is O=C(Cc1cc(I)c(CC(=O)ON2C(=O)CCC2=O)cc1I)ON1C(=O)CCC1=O. The quantitative estimate of drug-likeness (QED) is 0.336. The molecule has 2 heterocycles. The Labute approximate surface area is 197 Å². The molecule has 30 heavy (non-hydrogen) atoms. The number of hydrogen-bond donors (Lipinski definition) is 0. The zero-order chi connectivity index (χ0) is 22.0. The highest BCUT2D eigenvalue weighted by atomic mass is 127. The van der Waals surface area contributed by atoms with Gasteiger partial charge in [-0.25, -0.2) is 9.59 Å². The van der Waals surface area contributed by atoms with Gasteiger partial charge in [-0.15, -0.1) is 10.1 Å². The Morgan fingerprint density at radius 3 is 1.30 bits per heavy atom. The molecule has 2 aliphatic rings. The summed E-state index contributed by atoms with van der Waals surface area (Å²) in [5.74, 6) is -3.73. The minimum atomic E-state index is -0.759. The summed E-state index contributed by atoms with van der Waals surface area (Å²) in [5, 5.41) is 0.983. The fourth-order valence-corrected chi connectivity index (χ4v) is 4.24. The summed E-state index contributed by atoms with van der Waals surface area (Å²) in [6, 6.07) is 3.35. The van der Waals surface area contributed by atoms with Gasteiger partial charge < -0.3 is 9.68 Å². The number of carbonyl (C=O) groups excluding carboxylic acids is 6. The third kappa shape index (κ3) is 5.14. The van der Waals surface area contributed by atoms with Crippen LogP contribution in [0.5, 0.6) is 0 Å². The highest BCUT2D eigenvalue weighted by Gasteiger charge is 2.34. The van der Waals surface area contributed by atoms with E-state index in [2.05, 4.69) is 0 Å².